The van der Waals surface area contributed by atoms with Gasteiger partial charge >= 0.3 is 0 Å². The third-order valence-corrected chi connectivity index (χ3v) is 3.62. The van der Waals surface area contributed by atoms with Gasteiger partial charge in [-0.2, -0.15) is 0 Å². The fourth-order valence-corrected chi connectivity index (χ4v) is 2.10. The highest BCUT2D eigenvalue weighted by Gasteiger charge is 2.15. The maximum Gasteiger partial charge on any atom is 0.277 e. The fraction of sp³-hybridized carbons (Fsp3) is 0.133. The number of non-ortho nitro benzene ring substituents is 2. The Labute approximate surface area is 145 Å². The molecule has 25 heavy (non-hydrogen) atoms. The quantitative estimate of drug-likeness (QED) is 0.539. The number of nitrogens with one attached hydrogen (secondary N) is 1. The van der Waals surface area contributed by atoms with Crippen molar-refractivity contribution in [1.82, 2.24) is 0 Å². The van der Waals surface area contributed by atoms with Crippen LogP contribution in [0.4, 0.5) is 17.1 Å². The Morgan fingerprint density at radius 3 is 2.16 bits per heavy atom. The van der Waals surface area contributed by atoms with Crippen LogP contribution in [0.1, 0.15) is 6.92 Å². The number of aliphatic hydroxyl groups is 1. The zero-order valence-corrected chi connectivity index (χ0v) is 13.6. The molecule has 0 saturated carbocycles. The first-order chi connectivity index (χ1) is 11.7. The maximum absolute atomic E-state index is 11.1. The second-order valence-electron chi connectivity index (χ2n) is 5.08. The Balaban J connectivity index is 0.000000208. The zero-order chi connectivity index (χ0) is 18.7. The van der Waals surface area contributed by atoms with Gasteiger partial charge in [0, 0.05) is 18.2 Å². The number of halogens is 1. The van der Waals surface area contributed by atoms with Gasteiger partial charge in [-0.1, -0.05) is 17.7 Å². The van der Waals surface area contributed by atoms with E-state index in [1.54, 1.807) is 12.1 Å². The molecule has 0 bridgehead atoms. The predicted molar refractivity (Wildman–Crippen MR) is 89.2 cm³/mol. The Morgan fingerprint density at radius 1 is 1.16 bits per heavy atom. The van der Waals surface area contributed by atoms with Crippen molar-refractivity contribution in [3.05, 3.63) is 72.1 Å². The van der Waals surface area contributed by atoms with Crippen molar-refractivity contribution in [2.45, 2.75) is 13.0 Å². The third-order valence-electron chi connectivity index (χ3n) is 3.31. The molecule has 0 fully saturated rings. The van der Waals surface area contributed by atoms with Crippen LogP contribution in [0.3, 0.4) is 0 Å². The average Bonchev–Trinajstić information content (AvgIpc) is 2.51. The number of rotatable bonds is 4. The van der Waals surface area contributed by atoms with Gasteiger partial charge in [0.1, 0.15) is 6.10 Å². The van der Waals surface area contributed by atoms with Crippen molar-refractivity contribution >= 4 is 34.6 Å². The molecular formula is C15H12ClN3O6. The molecule has 1 unspecified atom stereocenters. The molecule has 1 amide bonds. The Kier molecular flexibility index (Phi) is 5.30. The summed E-state index contributed by atoms with van der Waals surface area (Å²) in [6, 6.07) is 8.84. The van der Waals surface area contributed by atoms with Gasteiger partial charge < -0.3 is 10.4 Å². The number of nitro groups is 2. The van der Waals surface area contributed by atoms with E-state index >= 15 is 0 Å². The SMILES string of the molecule is CC(O)C(=O)Nc1ccc([N+](=O)[O-])cc1Cl.O=[N+]([O-])c1cc2ccc1=2. The van der Waals surface area contributed by atoms with Crippen LogP contribution < -0.4 is 5.32 Å². The van der Waals surface area contributed by atoms with E-state index in [0.29, 0.717) is 0 Å². The second kappa shape index (κ2) is 7.24. The maximum atomic E-state index is 11.1. The molecule has 1 aromatic rings. The van der Waals surface area contributed by atoms with E-state index in [4.69, 9.17) is 16.7 Å². The van der Waals surface area contributed by atoms with Crippen LogP contribution in [-0.2, 0) is 4.79 Å². The third kappa shape index (κ3) is 4.08. The number of aliphatic hydroxyl groups excluding tert-OH is 1. The minimum absolute atomic E-state index is 0.0446. The lowest BCUT2D eigenvalue weighted by atomic mass is 10.1. The highest BCUT2D eigenvalue weighted by molar-refractivity contribution is 6.34. The molecule has 1 aromatic carbocycles. The average molecular weight is 366 g/mol. The van der Waals surface area contributed by atoms with Crippen molar-refractivity contribution in [3.8, 4) is 0 Å². The van der Waals surface area contributed by atoms with Crippen LogP contribution >= 0.6 is 11.6 Å². The van der Waals surface area contributed by atoms with Gasteiger partial charge in [0.15, 0.2) is 0 Å². The summed E-state index contributed by atoms with van der Waals surface area (Å²) in [5, 5.41) is 33.6. The number of carbonyl (C=O) groups excluding carboxylic acids is 1. The lowest BCUT2D eigenvalue weighted by Gasteiger charge is -2.08. The Hall–Kier alpha value is -3.04. The predicted octanol–water partition coefficient (Wildman–Crippen LogP) is 2.76. The molecule has 0 aromatic heterocycles. The number of hydrogen-bond acceptors (Lipinski definition) is 6. The first kappa shape index (κ1) is 18.3. The van der Waals surface area contributed by atoms with Crippen LogP contribution in [0.15, 0.2) is 36.4 Å². The van der Waals surface area contributed by atoms with E-state index in [2.05, 4.69) is 5.32 Å². The van der Waals surface area contributed by atoms with Crippen molar-refractivity contribution in [3.63, 3.8) is 0 Å². The Morgan fingerprint density at radius 2 is 1.84 bits per heavy atom. The van der Waals surface area contributed by atoms with Gasteiger partial charge in [-0.3, -0.25) is 25.0 Å². The normalized spacial score (nSPS) is 11.6. The summed E-state index contributed by atoms with van der Waals surface area (Å²) in [5.41, 5.74) is 0.311. The number of carbonyl (C=O) groups is 1. The summed E-state index contributed by atoms with van der Waals surface area (Å²) < 4.78 is 0. The molecule has 0 aliphatic heterocycles. The van der Waals surface area contributed by atoms with E-state index in [1.807, 2.05) is 6.07 Å². The molecule has 2 N–H and O–H groups in total. The topological polar surface area (TPSA) is 136 Å². The molecule has 10 heteroatoms. The smallest absolute Gasteiger partial charge is 0.277 e. The number of hydrogen-bond donors (Lipinski definition) is 2. The number of anilines is 1. The highest BCUT2D eigenvalue weighted by Crippen LogP contribution is 2.26. The second-order valence-corrected chi connectivity index (χ2v) is 5.48. The van der Waals surface area contributed by atoms with Crippen LogP contribution in [0.25, 0.3) is 0 Å². The minimum atomic E-state index is -1.17. The lowest BCUT2D eigenvalue weighted by molar-refractivity contribution is -0.386. The minimum Gasteiger partial charge on any atom is -0.384 e. The van der Waals surface area contributed by atoms with Crippen molar-refractivity contribution in [2.75, 3.05) is 5.32 Å². The number of nitro benzene ring substituents is 2. The molecule has 2 aliphatic rings. The number of benzene rings is 2. The lowest BCUT2D eigenvalue weighted by Crippen LogP contribution is -2.24. The molecule has 0 spiro atoms. The number of nitrogens with zero attached hydrogens (tertiary/aromatic N) is 2. The van der Waals surface area contributed by atoms with Gasteiger partial charge in [-0.25, -0.2) is 0 Å². The molecule has 130 valence electrons. The van der Waals surface area contributed by atoms with E-state index in [9.17, 15) is 25.0 Å². The van der Waals surface area contributed by atoms with E-state index in [1.165, 1.54) is 19.1 Å². The summed E-state index contributed by atoms with van der Waals surface area (Å²) in [7, 11) is 0. The largest absolute Gasteiger partial charge is 0.384 e. The first-order valence-corrected chi connectivity index (χ1v) is 7.30. The first-order valence-electron chi connectivity index (χ1n) is 6.92. The van der Waals surface area contributed by atoms with Gasteiger partial charge in [0.25, 0.3) is 17.3 Å². The van der Waals surface area contributed by atoms with Gasteiger partial charge in [-0.15, -0.1) is 0 Å². The molecule has 0 heterocycles. The Bertz CT molecular complexity index is 960. The summed E-state index contributed by atoms with van der Waals surface area (Å²) in [6.45, 7) is 1.30. The fourth-order valence-electron chi connectivity index (χ4n) is 1.88. The van der Waals surface area contributed by atoms with E-state index < -0.39 is 16.9 Å². The molecule has 0 saturated heterocycles. The summed E-state index contributed by atoms with van der Waals surface area (Å²) in [6.07, 6.45) is -1.17. The van der Waals surface area contributed by atoms with Crippen LogP contribution in [-0.4, -0.2) is 27.0 Å². The van der Waals surface area contributed by atoms with E-state index in [0.717, 1.165) is 16.5 Å². The highest BCUT2D eigenvalue weighted by atomic mass is 35.5. The molecule has 1 atom stereocenters. The molecule has 3 rings (SSSR count). The molecule has 9 nitrogen and oxygen atoms in total. The van der Waals surface area contributed by atoms with Crippen molar-refractivity contribution in [2.24, 2.45) is 0 Å². The standard InChI is InChI=1S/C9H9ClN2O4.C6H3NO2/c1-5(13)9(14)11-8-3-2-6(12(15)16)4-7(8)10;8-7(9)6-3-4-1-2-5(4)6/h2-5,13H,1H3,(H,11,14);1-3H. The summed E-state index contributed by atoms with van der Waals surface area (Å²) in [5.74, 6) is -0.629. The monoisotopic (exact) mass is 365 g/mol. The van der Waals surface area contributed by atoms with Gasteiger partial charge in [0.2, 0.25) is 0 Å². The molecule has 2 aliphatic carbocycles. The van der Waals surface area contributed by atoms with E-state index in [-0.39, 0.29) is 27.0 Å². The van der Waals surface area contributed by atoms with Crippen LogP contribution in [0.2, 0.25) is 5.02 Å². The van der Waals surface area contributed by atoms with Crippen molar-refractivity contribution < 1.29 is 19.7 Å². The molecule has 0 radical (unpaired) electrons. The summed E-state index contributed by atoms with van der Waals surface area (Å²) in [4.78, 5) is 30.6. The van der Waals surface area contributed by atoms with Gasteiger partial charge in [0.05, 0.1) is 25.8 Å². The van der Waals surface area contributed by atoms with Crippen molar-refractivity contribution in [1.29, 1.82) is 0 Å². The zero-order valence-electron chi connectivity index (χ0n) is 12.8. The number of amides is 1. The summed E-state index contributed by atoms with van der Waals surface area (Å²) >= 11 is 5.72. The van der Waals surface area contributed by atoms with Crippen LogP contribution in [0.5, 0.6) is 0 Å². The van der Waals surface area contributed by atoms with Gasteiger partial charge in [-0.05, 0) is 24.3 Å². The van der Waals surface area contributed by atoms with Crippen LogP contribution in [0, 0.1) is 30.7 Å². The molecular weight excluding hydrogens is 354 g/mol.